The molecule has 0 saturated heterocycles. The summed E-state index contributed by atoms with van der Waals surface area (Å²) in [6, 6.07) is 9.62. The summed E-state index contributed by atoms with van der Waals surface area (Å²) in [7, 11) is 0. The van der Waals surface area contributed by atoms with Gasteiger partial charge in [-0.05, 0) is 30.3 Å². The number of halogens is 2. The summed E-state index contributed by atoms with van der Waals surface area (Å²) in [5.41, 5.74) is -1.67. The first-order valence-corrected chi connectivity index (χ1v) is 10.7. The molecule has 0 fully saturated rings. The van der Waals surface area contributed by atoms with Gasteiger partial charge < -0.3 is 19.0 Å². The molecule has 2 aromatic heterocycles. The van der Waals surface area contributed by atoms with Crippen LogP contribution in [0.25, 0.3) is 38.9 Å². The van der Waals surface area contributed by atoms with Crippen LogP contribution in [0.5, 0.6) is 5.75 Å². The first-order chi connectivity index (χ1) is 17.7. The van der Waals surface area contributed by atoms with E-state index in [1.54, 1.807) is 12.1 Å². The highest BCUT2D eigenvalue weighted by atomic mass is 19.1. The number of nitrogens with zero attached hydrogens (tertiary/aromatic N) is 1. The molecule has 0 atom stereocenters. The second kappa shape index (κ2) is 8.86. The molecule has 11 heteroatoms. The second-order valence-corrected chi connectivity index (χ2v) is 7.97. The summed E-state index contributed by atoms with van der Waals surface area (Å²) in [5, 5.41) is 9.96. The number of carbonyl (C=O) groups is 2. The maximum atomic E-state index is 14.5. The Hall–Kier alpha value is -5.06. The minimum absolute atomic E-state index is 0.0401. The van der Waals surface area contributed by atoms with Gasteiger partial charge in [-0.1, -0.05) is 6.07 Å². The summed E-state index contributed by atoms with van der Waals surface area (Å²) < 4.78 is 45.2. The van der Waals surface area contributed by atoms with Crippen molar-refractivity contribution < 1.29 is 37.4 Å². The molecule has 186 valence electrons. The van der Waals surface area contributed by atoms with Gasteiger partial charge >= 0.3 is 11.9 Å². The number of benzene rings is 2. The standard InChI is InChI=1S/C26H15F2NO8/c1-12(30)35-11-36-26(34)16-6-13(19-4-2-3-5-29(19)25(16)33)24-14-7-17(27)20(31)9-22(14)37-23-10-21(32)18(28)8-15(23)24/h2-10,31H,11H2,1H3. The molecule has 2 aliphatic rings. The first kappa shape index (κ1) is 23.7. The molecule has 37 heavy (non-hydrogen) atoms. The number of fused-ring (bicyclic) bond motifs is 3. The smallest absolute Gasteiger partial charge is 0.346 e. The fourth-order valence-electron chi connectivity index (χ4n) is 4.03. The van der Waals surface area contributed by atoms with E-state index in [4.69, 9.17) is 9.15 Å². The Labute approximate surface area is 205 Å². The third kappa shape index (κ3) is 4.05. The summed E-state index contributed by atoms with van der Waals surface area (Å²) in [6.07, 6.45) is 1.38. The van der Waals surface area contributed by atoms with Crippen molar-refractivity contribution in [2.45, 2.75) is 6.92 Å². The number of phenolic OH excluding ortho intramolecular Hbond substituents is 1. The zero-order chi connectivity index (χ0) is 26.4. The van der Waals surface area contributed by atoms with Gasteiger partial charge in [-0.2, -0.15) is 0 Å². The zero-order valence-electron chi connectivity index (χ0n) is 18.9. The van der Waals surface area contributed by atoms with Crippen LogP contribution in [0.2, 0.25) is 0 Å². The van der Waals surface area contributed by atoms with Gasteiger partial charge in [-0.25, -0.2) is 13.6 Å². The minimum Gasteiger partial charge on any atom is -0.505 e. The maximum absolute atomic E-state index is 14.5. The number of pyridine rings is 2. The van der Waals surface area contributed by atoms with E-state index < -0.39 is 52.7 Å². The molecule has 1 aromatic carbocycles. The molecular formula is C26H15F2NO8. The second-order valence-electron chi connectivity index (χ2n) is 7.97. The third-order valence-electron chi connectivity index (χ3n) is 5.66. The van der Waals surface area contributed by atoms with Gasteiger partial charge in [0.15, 0.2) is 17.4 Å². The zero-order valence-corrected chi connectivity index (χ0v) is 18.9. The maximum Gasteiger partial charge on any atom is 0.346 e. The Bertz CT molecular complexity index is 1840. The highest BCUT2D eigenvalue weighted by Gasteiger charge is 2.25. The van der Waals surface area contributed by atoms with Gasteiger partial charge in [0, 0.05) is 47.3 Å². The van der Waals surface area contributed by atoms with Crippen LogP contribution >= 0.6 is 0 Å². The van der Waals surface area contributed by atoms with Crippen LogP contribution in [0, 0.1) is 11.6 Å². The molecule has 0 bridgehead atoms. The fourth-order valence-corrected chi connectivity index (χ4v) is 4.03. The van der Waals surface area contributed by atoms with Gasteiger partial charge in [0.1, 0.15) is 16.9 Å². The summed E-state index contributed by atoms with van der Waals surface area (Å²) in [6.45, 7) is 0.370. The Kier molecular flexibility index (Phi) is 5.67. The molecule has 3 heterocycles. The average Bonchev–Trinajstić information content (AvgIpc) is 2.85. The number of ether oxygens (including phenoxy) is 2. The molecule has 1 aliphatic carbocycles. The average molecular weight is 507 g/mol. The monoisotopic (exact) mass is 507 g/mol. The molecular weight excluding hydrogens is 492 g/mol. The van der Waals surface area contributed by atoms with Crippen molar-refractivity contribution >= 4 is 28.4 Å². The lowest BCUT2D eigenvalue weighted by Gasteiger charge is -2.18. The molecule has 0 amide bonds. The van der Waals surface area contributed by atoms with Gasteiger partial charge in [0.25, 0.3) is 5.56 Å². The van der Waals surface area contributed by atoms with Crippen molar-refractivity contribution in [2.24, 2.45) is 0 Å². The third-order valence-corrected chi connectivity index (χ3v) is 5.66. The van der Waals surface area contributed by atoms with Crippen LogP contribution in [-0.2, 0) is 14.3 Å². The number of carbonyl (C=O) groups excluding carboxylic acids is 2. The minimum atomic E-state index is -1.11. The van der Waals surface area contributed by atoms with Crippen molar-refractivity contribution in [3.8, 4) is 28.2 Å². The van der Waals surface area contributed by atoms with Gasteiger partial charge in [0.05, 0.1) is 5.52 Å². The van der Waals surface area contributed by atoms with E-state index in [9.17, 15) is 33.1 Å². The number of hydrogen-bond acceptors (Lipinski definition) is 8. The van der Waals surface area contributed by atoms with Crippen LogP contribution in [0.15, 0.2) is 68.7 Å². The number of phenols is 1. The summed E-state index contributed by atoms with van der Waals surface area (Å²) in [4.78, 5) is 48.9. The molecule has 3 aromatic rings. The summed E-state index contributed by atoms with van der Waals surface area (Å²) >= 11 is 0. The predicted molar refractivity (Wildman–Crippen MR) is 125 cm³/mol. The fraction of sp³-hybridized carbons (Fsp3) is 0.0769. The van der Waals surface area contributed by atoms with Gasteiger partial charge in [-0.15, -0.1) is 0 Å². The van der Waals surface area contributed by atoms with E-state index in [1.165, 1.54) is 18.3 Å². The molecule has 0 saturated carbocycles. The van der Waals surface area contributed by atoms with Crippen molar-refractivity contribution in [1.29, 1.82) is 0 Å². The van der Waals surface area contributed by atoms with E-state index in [0.717, 1.165) is 35.6 Å². The molecule has 5 rings (SSSR count). The molecule has 1 aliphatic heterocycles. The highest BCUT2D eigenvalue weighted by Crippen LogP contribution is 2.43. The number of rotatable bonds is 4. The van der Waals surface area contributed by atoms with E-state index in [0.29, 0.717) is 0 Å². The SMILES string of the molecule is CC(=O)OCOC(=O)c1cc(-c2c3cc(F)c(=O)cc-3oc3cc(O)c(F)cc23)c2ccccn2c1=O. The topological polar surface area (TPSA) is 125 Å². The molecule has 0 unspecified atom stereocenters. The Balaban J connectivity index is 1.89. The summed E-state index contributed by atoms with van der Waals surface area (Å²) in [5.74, 6) is -4.76. The Morgan fingerprint density at radius 1 is 1.00 bits per heavy atom. The van der Waals surface area contributed by atoms with Crippen LogP contribution in [0.3, 0.4) is 0 Å². The first-order valence-electron chi connectivity index (χ1n) is 10.7. The number of esters is 2. The lowest BCUT2D eigenvalue weighted by molar-refractivity contribution is -0.149. The van der Waals surface area contributed by atoms with Crippen molar-refractivity contribution in [3.05, 3.63) is 92.5 Å². The van der Waals surface area contributed by atoms with Gasteiger partial charge in [-0.3, -0.25) is 18.8 Å². The van der Waals surface area contributed by atoms with Gasteiger partial charge in [0.2, 0.25) is 12.2 Å². The molecule has 0 radical (unpaired) electrons. The van der Waals surface area contributed by atoms with E-state index in [-0.39, 0.29) is 38.9 Å². The Morgan fingerprint density at radius 2 is 1.78 bits per heavy atom. The van der Waals surface area contributed by atoms with E-state index in [2.05, 4.69) is 4.74 Å². The van der Waals surface area contributed by atoms with Crippen LogP contribution in [0.4, 0.5) is 8.78 Å². The largest absolute Gasteiger partial charge is 0.505 e. The van der Waals surface area contributed by atoms with Crippen LogP contribution < -0.4 is 11.0 Å². The van der Waals surface area contributed by atoms with E-state index >= 15 is 0 Å². The lowest BCUT2D eigenvalue weighted by Crippen LogP contribution is -2.24. The van der Waals surface area contributed by atoms with Crippen LogP contribution in [0.1, 0.15) is 17.3 Å². The Morgan fingerprint density at radius 3 is 2.54 bits per heavy atom. The number of hydrogen-bond donors (Lipinski definition) is 1. The highest BCUT2D eigenvalue weighted by molar-refractivity contribution is 6.06. The predicted octanol–water partition coefficient (Wildman–Crippen LogP) is 3.84. The normalized spacial score (nSPS) is 11.2. The van der Waals surface area contributed by atoms with E-state index in [1.807, 2.05) is 0 Å². The molecule has 9 nitrogen and oxygen atoms in total. The molecule has 1 N–H and O–H groups in total. The lowest BCUT2D eigenvalue weighted by atomic mass is 9.92. The molecule has 0 spiro atoms. The number of aromatic nitrogens is 1. The van der Waals surface area contributed by atoms with Crippen molar-refractivity contribution in [1.82, 2.24) is 4.40 Å². The number of aromatic hydroxyl groups is 1. The van der Waals surface area contributed by atoms with Crippen molar-refractivity contribution in [2.75, 3.05) is 6.79 Å². The quantitative estimate of drug-likeness (QED) is 0.221. The van der Waals surface area contributed by atoms with Crippen LogP contribution in [-0.4, -0.2) is 28.2 Å². The van der Waals surface area contributed by atoms with Crippen molar-refractivity contribution in [3.63, 3.8) is 0 Å².